The Morgan fingerprint density at radius 1 is 1.33 bits per heavy atom. The summed E-state index contributed by atoms with van der Waals surface area (Å²) in [6, 6.07) is 9.44. The predicted octanol–water partition coefficient (Wildman–Crippen LogP) is 3.21. The van der Waals surface area contributed by atoms with Crippen molar-refractivity contribution in [3.63, 3.8) is 0 Å². The Morgan fingerprint density at radius 2 is 1.89 bits per heavy atom. The Labute approximate surface area is 112 Å². The van der Waals surface area contributed by atoms with E-state index in [1.807, 2.05) is 24.3 Å². The van der Waals surface area contributed by atoms with Gasteiger partial charge in [0.1, 0.15) is 11.6 Å². The summed E-state index contributed by atoms with van der Waals surface area (Å²) < 4.78 is 0. The van der Waals surface area contributed by atoms with E-state index in [9.17, 15) is 4.79 Å². The third kappa shape index (κ3) is 3.61. The minimum Gasteiger partial charge on any atom is -0.372 e. The predicted molar refractivity (Wildman–Crippen MR) is 74.5 cm³/mol. The van der Waals surface area contributed by atoms with Gasteiger partial charge >= 0.3 is 0 Å². The summed E-state index contributed by atoms with van der Waals surface area (Å²) in [6.45, 7) is 6.07. The molecule has 94 valence electrons. The zero-order chi connectivity index (χ0) is 13.5. The molecule has 0 aromatic heterocycles. The van der Waals surface area contributed by atoms with Gasteiger partial charge in [0.2, 0.25) is 0 Å². The number of allylic oxidation sites excluding steroid dienone is 1. The Bertz CT molecular complexity index is 482. The van der Waals surface area contributed by atoms with Crippen molar-refractivity contribution in [1.29, 1.82) is 5.26 Å². The molecule has 0 unspecified atom stereocenters. The van der Waals surface area contributed by atoms with Gasteiger partial charge in [-0.05, 0) is 49.2 Å². The highest BCUT2D eigenvalue weighted by molar-refractivity contribution is 6.68. The minimum absolute atomic E-state index is 0.0488. The second-order valence-electron chi connectivity index (χ2n) is 3.71. The maximum atomic E-state index is 10.9. The van der Waals surface area contributed by atoms with Crippen LogP contribution in [0.1, 0.15) is 19.4 Å². The Kier molecular flexibility index (Phi) is 5.41. The number of nitriles is 1. The first kappa shape index (κ1) is 14.3. The molecular weight excluding hydrogens is 248 g/mol. The zero-order valence-electron chi connectivity index (χ0n) is 10.5. The van der Waals surface area contributed by atoms with Crippen LogP contribution in [0.25, 0.3) is 6.08 Å². The van der Waals surface area contributed by atoms with Crippen LogP contribution >= 0.6 is 11.6 Å². The fourth-order valence-electron chi connectivity index (χ4n) is 1.67. The van der Waals surface area contributed by atoms with Crippen molar-refractivity contribution in [2.75, 3.05) is 18.0 Å². The molecule has 0 N–H and O–H groups in total. The molecule has 0 saturated carbocycles. The highest BCUT2D eigenvalue weighted by atomic mass is 35.5. The summed E-state index contributed by atoms with van der Waals surface area (Å²) in [7, 11) is 0. The van der Waals surface area contributed by atoms with Gasteiger partial charge in [0.05, 0.1) is 0 Å². The second kappa shape index (κ2) is 6.83. The average molecular weight is 263 g/mol. The number of rotatable bonds is 5. The SMILES string of the molecule is CCN(CC)c1ccc(C=C(C#N)C(=O)Cl)cc1. The third-order valence-electron chi connectivity index (χ3n) is 2.66. The van der Waals surface area contributed by atoms with Gasteiger partial charge in [-0.15, -0.1) is 0 Å². The van der Waals surface area contributed by atoms with E-state index < -0.39 is 5.24 Å². The number of benzene rings is 1. The lowest BCUT2D eigenvalue weighted by atomic mass is 10.1. The molecule has 0 fully saturated rings. The van der Waals surface area contributed by atoms with Gasteiger partial charge in [-0.1, -0.05) is 12.1 Å². The highest BCUT2D eigenvalue weighted by Gasteiger charge is 2.05. The molecule has 0 atom stereocenters. The third-order valence-corrected chi connectivity index (χ3v) is 2.87. The molecule has 0 saturated heterocycles. The van der Waals surface area contributed by atoms with Crippen molar-refractivity contribution in [2.45, 2.75) is 13.8 Å². The number of anilines is 1. The molecule has 4 heteroatoms. The molecule has 0 bridgehead atoms. The van der Waals surface area contributed by atoms with E-state index in [-0.39, 0.29) is 5.57 Å². The topological polar surface area (TPSA) is 44.1 Å². The number of hydrogen-bond acceptors (Lipinski definition) is 3. The van der Waals surface area contributed by atoms with E-state index in [1.54, 1.807) is 6.07 Å². The van der Waals surface area contributed by atoms with Crippen LogP contribution in [0.3, 0.4) is 0 Å². The molecule has 0 aliphatic carbocycles. The van der Waals surface area contributed by atoms with Gasteiger partial charge in [-0.3, -0.25) is 4.79 Å². The largest absolute Gasteiger partial charge is 0.372 e. The molecule has 0 amide bonds. The summed E-state index contributed by atoms with van der Waals surface area (Å²) in [5.41, 5.74) is 1.86. The first-order chi connectivity index (χ1) is 8.62. The summed E-state index contributed by atoms with van der Waals surface area (Å²) in [6.07, 6.45) is 1.49. The lowest BCUT2D eigenvalue weighted by Crippen LogP contribution is -2.21. The van der Waals surface area contributed by atoms with Gasteiger partial charge in [0.15, 0.2) is 0 Å². The van der Waals surface area contributed by atoms with E-state index >= 15 is 0 Å². The Morgan fingerprint density at radius 3 is 2.28 bits per heavy atom. The zero-order valence-corrected chi connectivity index (χ0v) is 11.2. The molecule has 0 heterocycles. The summed E-state index contributed by atoms with van der Waals surface area (Å²) in [4.78, 5) is 13.1. The van der Waals surface area contributed by atoms with Crippen molar-refractivity contribution in [3.05, 3.63) is 35.4 Å². The van der Waals surface area contributed by atoms with Crippen molar-refractivity contribution in [2.24, 2.45) is 0 Å². The number of carbonyl (C=O) groups is 1. The quantitative estimate of drug-likeness (QED) is 0.465. The molecule has 3 nitrogen and oxygen atoms in total. The highest BCUT2D eigenvalue weighted by Crippen LogP contribution is 2.17. The van der Waals surface area contributed by atoms with Crippen LogP contribution < -0.4 is 4.90 Å². The molecule has 0 aliphatic rings. The van der Waals surface area contributed by atoms with E-state index in [1.165, 1.54) is 6.08 Å². The second-order valence-corrected chi connectivity index (χ2v) is 4.05. The number of nitrogens with zero attached hydrogens (tertiary/aromatic N) is 2. The van der Waals surface area contributed by atoms with Gasteiger partial charge in [-0.2, -0.15) is 5.26 Å². The molecule has 0 aliphatic heterocycles. The fourth-order valence-corrected chi connectivity index (χ4v) is 1.77. The average Bonchev–Trinajstić information content (AvgIpc) is 2.38. The normalized spacial score (nSPS) is 10.9. The molecular formula is C14H15ClN2O. The smallest absolute Gasteiger partial charge is 0.262 e. The molecule has 18 heavy (non-hydrogen) atoms. The van der Waals surface area contributed by atoms with Gasteiger partial charge < -0.3 is 4.90 Å². The van der Waals surface area contributed by atoms with E-state index in [4.69, 9.17) is 16.9 Å². The van der Waals surface area contributed by atoms with E-state index in [2.05, 4.69) is 18.7 Å². The number of hydrogen-bond donors (Lipinski definition) is 0. The standard InChI is InChI=1S/C14H15ClN2O/c1-3-17(4-2)13-7-5-11(6-8-13)9-12(10-16)14(15)18/h5-9H,3-4H2,1-2H3. The Balaban J connectivity index is 2.97. The summed E-state index contributed by atoms with van der Waals surface area (Å²) in [5, 5.41) is 8.01. The fraction of sp³-hybridized carbons (Fsp3) is 0.286. The van der Waals surface area contributed by atoms with Crippen LogP contribution in [0.2, 0.25) is 0 Å². The van der Waals surface area contributed by atoms with Crippen LogP contribution in [0.4, 0.5) is 5.69 Å². The van der Waals surface area contributed by atoms with Crippen LogP contribution in [0, 0.1) is 11.3 Å². The maximum absolute atomic E-state index is 10.9. The van der Waals surface area contributed by atoms with Gasteiger partial charge in [0.25, 0.3) is 5.24 Å². The van der Waals surface area contributed by atoms with E-state index in [0.717, 1.165) is 24.3 Å². The van der Waals surface area contributed by atoms with Gasteiger partial charge in [-0.25, -0.2) is 0 Å². The van der Waals surface area contributed by atoms with Crippen LogP contribution in [0.15, 0.2) is 29.8 Å². The van der Waals surface area contributed by atoms with Crippen molar-refractivity contribution in [1.82, 2.24) is 0 Å². The Hall–Kier alpha value is -1.79. The minimum atomic E-state index is -0.731. The van der Waals surface area contributed by atoms with Crippen molar-refractivity contribution < 1.29 is 4.79 Å². The molecule has 1 aromatic rings. The van der Waals surface area contributed by atoms with Crippen molar-refractivity contribution >= 4 is 28.6 Å². The monoisotopic (exact) mass is 262 g/mol. The maximum Gasteiger partial charge on any atom is 0.262 e. The molecule has 0 spiro atoms. The van der Waals surface area contributed by atoms with Crippen LogP contribution in [-0.2, 0) is 4.79 Å². The first-order valence-corrected chi connectivity index (χ1v) is 6.16. The number of carbonyl (C=O) groups excluding carboxylic acids is 1. The lowest BCUT2D eigenvalue weighted by Gasteiger charge is -2.20. The van der Waals surface area contributed by atoms with E-state index in [0.29, 0.717) is 0 Å². The number of halogens is 1. The van der Waals surface area contributed by atoms with Crippen LogP contribution in [-0.4, -0.2) is 18.3 Å². The van der Waals surface area contributed by atoms with Crippen molar-refractivity contribution in [3.8, 4) is 6.07 Å². The molecule has 1 aromatic carbocycles. The first-order valence-electron chi connectivity index (χ1n) is 5.79. The van der Waals surface area contributed by atoms with Crippen LogP contribution in [0.5, 0.6) is 0 Å². The molecule has 0 radical (unpaired) electrons. The lowest BCUT2D eigenvalue weighted by molar-refractivity contribution is -0.108. The van der Waals surface area contributed by atoms with Gasteiger partial charge in [0, 0.05) is 18.8 Å². The summed E-state index contributed by atoms with van der Waals surface area (Å²) >= 11 is 5.28. The molecule has 1 rings (SSSR count). The summed E-state index contributed by atoms with van der Waals surface area (Å²) in [5.74, 6) is 0.